The summed E-state index contributed by atoms with van der Waals surface area (Å²) in [6, 6.07) is 8.35. The van der Waals surface area contributed by atoms with Gasteiger partial charge in [-0.3, -0.25) is 14.5 Å². The van der Waals surface area contributed by atoms with E-state index in [1.165, 1.54) is 26.2 Å². The first-order chi connectivity index (χ1) is 15.7. The number of esters is 1. The number of ether oxygens (including phenoxy) is 3. The molecule has 2 amide bonds. The second-order valence-electron chi connectivity index (χ2n) is 6.93. The first kappa shape index (κ1) is 24.8. The number of carbonyl (C=O) groups is 3. The smallest absolute Gasteiger partial charge is 0.328 e. The zero-order chi connectivity index (χ0) is 24.1. The molecule has 0 bridgehead atoms. The van der Waals surface area contributed by atoms with Gasteiger partial charge in [-0.25, -0.2) is 9.18 Å². The Hall–Kier alpha value is -2.85. The van der Waals surface area contributed by atoms with Crippen LogP contribution in [-0.2, 0) is 20.9 Å². The Morgan fingerprint density at radius 1 is 1.21 bits per heavy atom. The SMILES string of the molecule is CCOc1cc(/C=C2/SC(=O)N([C@H](C)C(=O)OC)C2=O)cc(Br)c1OCc1ccc(F)cc1. The van der Waals surface area contributed by atoms with Crippen molar-refractivity contribution < 1.29 is 33.0 Å². The van der Waals surface area contributed by atoms with Crippen molar-refractivity contribution in [2.24, 2.45) is 0 Å². The van der Waals surface area contributed by atoms with Crippen molar-refractivity contribution in [2.45, 2.75) is 26.5 Å². The van der Waals surface area contributed by atoms with Gasteiger partial charge in [-0.2, -0.15) is 0 Å². The van der Waals surface area contributed by atoms with Gasteiger partial charge >= 0.3 is 5.97 Å². The van der Waals surface area contributed by atoms with Gasteiger partial charge in [-0.15, -0.1) is 0 Å². The summed E-state index contributed by atoms with van der Waals surface area (Å²) in [5.74, 6) is -0.700. The fraction of sp³-hybridized carbons (Fsp3) is 0.261. The molecule has 1 heterocycles. The predicted octanol–water partition coefficient (Wildman–Crippen LogP) is 5.16. The van der Waals surface area contributed by atoms with Crippen LogP contribution in [0.2, 0.25) is 0 Å². The van der Waals surface area contributed by atoms with Gasteiger partial charge < -0.3 is 14.2 Å². The van der Waals surface area contributed by atoms with Gasteiger partial charge in [0.1, 0.15) is 18.5 Å². The third-order valence-corrected chi connectivity index (χ3v) is 6.15. The second-order valence-corrected chi connectivity index (χ2v) is 8.78. The molecule has 7 nitrogen and oxygen atoms in total. The fourth-order valence-corrected chi connectivity index (χ4v) is 4.53. The molecule has 0 N–H and O–H groups in total. The number of nitrogens with zero attached hydrogens (tertiary/aromatic N) is 1. The van der Waals surface area contributed by atoms with Gasteiger partial charge in [0, 0.05) is 0 Å². The summed E-state index contributed by atoms with van der Waals surface area (Å²) < 4.78 is 29.9. The third-order valence-electron chi connectivity index (χ3n) is 4.68. The molecule has 10 heteroatoms. The zero-order valence-corrected chi connectivity index (χ0v) is 20.5. The summed E-state index contributed by atoms with van der Waals surface area (Å²) in [7, 11) is 1.19. The lowest BCUT2D eigenvalue weighted by atomic mass is 10.1. The molecule has 0 saturated carbocycles. The van der Waals surface area contributed by atoms with Crippen molar-refractivity contribution >= 4 is 50.9 Å². The lowest BCUT2D eigenvalue weighted by molar-refractivity contribution is -0.148. The van der Waals surface area contributed by atoms with E-state index in [1.807, 2.05) is 6.92 Å². The Kier molecular flexibility index (Phi) is 8.15. The van der Waals surface area contributed by atoms with Crippen LogP contribution in [0.4, 0.5) is 9.18 Å². The number of amides is 2. The van der Waals surface area contributed by atoms with Crippen LogP contribution in [0.15, 0.2) is 45.8 Å². The highest BCUT2D eigenvalue weighted by Gasteiger charge is 2.41. The average molecular weight is 538 g/mol. The molecule has 0 radical (unpaired) electrons. The molecule has 1 aliphatic rings. The Morgan fingerprint density at radius 3 is 2.55 bits per heavy atom. The maximum atomic E-state index is 13.1. The number of hydrogen-bond donors (Lipinski definition) is 0. The summed E-state index contributed by atoms with van der Waals surface area (Å²) in [5.41, 5.74) is 1.37. The Labute approximate surface area is 203 Å². The van der Waals surface area contributed by atoms with Crippen LogP contribution in [0.1, 0.15) is 25.0 Å². The van der Waals surface area contributed by atoms with E-state index in [0.717, 1.165) is 22.2 Å². The van der Waals surface area contributed by atoms with E-state index in [-0.39, 0.29) is 17.3 Å². The van der Waals surface area contributed by atoms with Gasteiger partial charge in [-0.05, 0) is 83.0 Å². The van der Waals surface area contributed by atoms with Gasteiger partial charge in [0.25, 0.3) is 11.1 Å². The van der Waals surface area contributed by atoms with Crippen LogP contribution in [0, 0.1) is 5.82 Å². The van der Waals surface area contributed by atoms with Crippen LogP contribution in [0.3, 0.4) is 0 Å². The molecule has 2 aromatic carbocycles. The molecule has 174 valence electrons. The summed E-state index contributed by atoms with van der Waals surface area (Å²) in [4.78, 5) is 37.9. The fourth-order valence-electron chi connectivity index (χ4n) is 3.05. The standard InChI is InChI=1S/C23H21BrFNO6S/c1-4-31-18-10-15(9-17(24)20(18)32-12-14-5-7-16(25)8-6-14)11-19-21(27)26(23(29)33-19)13(2)22(28)30-3/h5-11,13H,4,12H2,1-3H3/b19-11+/t13-/m1/s1. The summed E-state index contributed by atoms with van der Waals surface area (Å²) >= 11 is 4.21. The molecule has 0 aliphatic carbocycles. The molecule has 1 fully saturated rings. The second kappa shape index (κ2) is 10.8. The Bertz CT molecular complexity index is 1100. The first-order valence-electron chi connectivity index (χ1n) is 9.93. The van der Waals surface area contributed by atoms with E-state index >= 15 is 0 Å². The van der Waals surface area contributed by atoms with Crippen molar-refractivity contribution in [3.05, 3.63) is 62.7 Å². The normalized spacial score (nSPS) is 15.7. The van der Waals surface area contributed by atoms with Crippen LogP contribution < -0.4 is 9.47 Å². The highest BCUT2D eigenvalue weighted by molar-refractivity contribution is 9.10. The van der Waals surface area contributed by atoms with E-state index in [0.29, 0.717) is 28.1 Å². The van der Waals surface area contributed by atoms with E-state index in [9.17, 15) is 18.8 Å². The maximum absolute atomic E-state index is 13.1. The number of imide groups is 1. The van der Waals surface area contributed by atoms with Gasteiger partial charge in [-0.1, -0.05) is 12.1 Å². The van der Waals surface area contributed by atoms with Crippen LogP contribution in [-0.4, -0.2) is 41.8 Å². The molecule has 3 rings (SSSR count). The van der Waals surface area contributed by atoms with Crippen molar-refractivity contribution in [1.82, 2.24) is 4.90 Å². The molecular formula is C23H21BrFNO6S. The quantitative estimate of drug-likeness (QED) is 0.339. The summed E-state index contributed by atoms with van der Waals surface area (Å²) in [5, 5.41) is -0.549. The van der Waals surface area contributed by atoms with Gasteiger partial charge in [0.05, 0.1) is 23.1 Å². The molecule has 0 spiro atoms. The maximum Gasteiger partial charge on any atom is 0.328 e. The minimum Gasteiger partial charge on any atom is -0.490 e. The van der Waals surface area contributed by atoms with Crippen LogP contribution >= 0.6 is 27.7 Å². The minimum atomic E-state index is -1.03. The Balaban J connectivity index is 1.86. The molecule has 1 aliphatic heterocycles. The lowest BCUT2D eigenvalue weighted by Crippen LogP contribution is -2.42. The molecule has 0 aromatic heterocycles. The third kappa shape index (κ3) is 5.75. The highest BCUT2D eigenvalue weighted by atomic mass is 79.9. The number of methoxy groups -OCH3 is 1. The Morgan fingerprint density at radius 2 is 1.91 bits per heavy atom. The van der Waals surface area contributed by atoms with E-state index < -0.39 is 23.2 Å². The van der Waals surface area contributed by atoms with Gasteiger partial charge in [0.2, 0.25) is 0 Å². The van der Waals surface area contributed by atoms with Crippen molar-refractivity contribution in [1.29, 1.82) is 0 Å². The van der Waals surface area contributed by atoms with E-state index in [2.05, 4.69) is 20.7 Å². The molecule has 33 heavy (non-hydrogen) atoms. The molecule has 2 aromatic rings. The number of halogens is 2. The van der Waals surface area contributed by atoms with Crippen molar-refractivity contribution in [2.75, 3.05) is 13.7 Å². The molecule has 1 saturated heterocycles. The topological polar surface area (TPSA) is 82.1 Å². The lowest BCUT2D eigenvalue weighted by Gasteiger charge is -2.18. The largest absolute Gasteiger partial charge is 0.490 e. The minimum absolute atomic E-state index is 0.171. The van der Waals surface area contributed by atoms with E-state index in [4.69, 9.17) is 9.47 Å². The van der Waals surface area contributed by atoms with E-state index in [1.54, 1.807) is 30.3 Å². The number of carbonyl (C=O) groups excluding carboxylic acids is 3. The first-order valence-corrected chi connectivity index (χ1v) is 11.5. The number of thioether (sulfide) groups is 1. The zero-order valence-electron chi connectivity index (χ0n) is 18.1. The summed E-state index contributed by atoms with van der Waals surface area (Å²) in [6.07, 6.45) is 1.55. The van der Waals surface area contributed by atoms with Crippen molar-refractivity contribution in [3.8, 4) is 11.5 Å². The summed E-state index contributed by atoms with van der Waals surface area (Å²) in [6.45, 7) is 3.82. The molecular weight excluding hydrogens is 517 g/mol. The molecule has 1 atom stereocenters. The number of rotatable bonds is 8. The van der Waals surface area contributed by atoms with Crippen LogP contribution in [0.5, 0.6) is 11.5 Å². The predicted molar refractivity (Wildman–Crippen MR) is 125 cm³/mol. The van der Waals surface area contributed by atoms with Crippen molar-refractivity contribution in [3.63, 3.8) is 0 Å². The number of hydrogen-bond acceptors (Lipinski definition) is 7. The van der Waals surface area contributed by atoms with Crippen LogP contribution in [0.25, 0.3) is 6.08 Å². The monoisotopic (exact) mass is 537 g/mol. The number of benzene rings is 2. The average Bonchev–Trinajstić information content (AvgIpc) is 3.06. The highest BCUT2D eigenvalue weighted by Crippen LogP contribution is 2.40. The van der Waals surface area contributed by atoms with Gasteiger partial charge in [0.15, 0.2) is 11.5 Å². The molecule has 0 unspecified atom stereocenters.